The van der Waals surface area contributed by atoms with Gasteiger partial charge in [0.25, 0.3) is 0 Å². The first kappa shape index (κ1) is 29.7. The molecule has 2 aromatic carbocycles. The van der Waals surface area contributed by atoms with E-state index in [1.807, 2.05) is 6.92 Å². The highest BCUT2D eigenvalue weighted by Crippen LogP contribution is 2.26. The van der Waals surface area contributed by atoms with Crippen molar-refractivity contribution in [2.45, 2.75) is 64.1 Å². The maximum Gasteiger partial charge on any atom is 0.244 e. The van der Waals surface area contributed by atoms with Crippen molar-refractivity contribution in [1.29, 1.82) is 0 Å². The molecule has 37 heavy (non-hydrogen) atoms. The molecule has 202 valence electrons. The van der Waals surface area contributed by atoms with Gasteiger partial charge in [-0.05, 0) is 61.2 Å². The lowest BCUT2D eigenvalue weighted by Gasteiger charge is -2.34. The van der Waals surface area contributed by atoms with Gasteiger partial charge in [0.05, 0.1) is 22.0 Å². The van der Waals surface area contributed by atoms with Crippen LogP contribution in [0.25, 0.3) is 0 Å². The molecule has 7 nitrogen and oxygen atoms in total. The number of rotatable bonds is 10. The third kappa shape index (κ3) is 8.34. The van der Waals surface area contributed by atoms with Crippen LogP contribution in [0.15, 0.2) is 46.9 Å². The topological polar surface area (TPSA) is 86.8 Å². The first-order valence-electron chi connectivity index (χ1n) is 12.3. The van der Waals surface area contributed by atoms with Crippen LogP contribution in [0, 0.1) is 0 Å². The lowest BCUT2D eigenvalue weighted by atomic mass is 9.95. The predicted octanol–water partition coefficient (Wildman–Crippen LogP) is 5.78. The van der Waals surface area contributed by atoms with E-state index < -0.39 is 28.5 Å². The summed E-state index contributed by atoms with van der Waals surface area (Å²) in [5.41, 5.74) is 1.04. The smallest absolute Gasteiger partial charge is 0.244 e. The monoisotopic (exact) mass is 631 g/mol. The van der Waals surface area contributed by atoms with Gasteiger partial charge in [0.2, 0.25) is 21.8 Å². The molecule has 1 N–H and O–H groups in total. The van der Waals surface area contributed by atoms with E-state index in [1.165, 1.54) is 4.90 Å². The zero-order chi connectivity index (χ0) is 27.2. The van der Waals surface area contributed by atoms with Crippen LogP contribution in [0.1, 0.15) is 51.0 Å². The van der Waals surface area contributed by atoms with E-state index in [0.717, 1.165) is 47.1 Å². The summed E-state index contributed by atoms with van der Waals surface area (Å²) < 4.78 is 27.2. The average molecular weight is 633 g/mol. The summed E-state index contributed by atoms with van der Waals surface area (Å²) in [6.45, 7) is 1.46. The van der Waals surface area contributed by atoms with Gasteiger partial charge in [-0.15, -0.1) is 0 Å². The van der Waals surface area contributed by atoms with E-state index in [0.29, 0.717) is 27.7 Å². The zero-order valence-electron chi connectivity index (χ0n) is 20.9. The van der Waals surface area contributed by atoms with Crippen molar-refractivity contribution in [3.05, 3.63) is 62.5 Å². The van der Waals surface area contributed by atoms with Gasteiger partial charge in [-0.1, -0.05) is 71.4 Å². The largest absolute Gasteiger partial charge is 0.352 e. The maximum atomic E-state index is 13.8. The van der Waals surface area contributed by atoms with Crippen LogP contribution in [-0.4, -0.2) is 50.0 Å². The number of hydrogen-bond donors (Lipinski definition) is 1. The van der Waals surface area contributed by atoms with Crippen LogP contribution >= 0.6 is 39.1 Å². The Hall–Kier alpha value is -1.81. The van der Waals surface area contributed by atoms with E-state index in [2.05, 4.69) is 21.2 Å². The molecule has 0 aromatic heterocycles. The Kier molecular flexibility index (Phi) is 10.7. The molecular formula is C26H32BrCl2N3O4S. The van der Waals surface area contributed by atoms with Gasteiger partial charge in [-0.3, -0.25) is 13.9 Å². The lowest BCUT2D eigenvalue weighted by Crippen LogP contribution is -2.53. The molecule has 2 aromatic rings. The Morgan fingerprint density at radius 3 is 2.27 bits per heavy atom. The van der Waals surface area contributed by atoms with Gasteiger partial charge in [0.1, 0.15) is 12.6 Å². The Balaban J connectivity index is 1.92. The van der Waals surface area contributed by atoms with Gasteiger partial charge in [-0.25, -0.2) is 8.42 Å². The van der Waals surface area contributed by atoms with Crippen LogP contribution in [0.4, 0.5) is 5.69 Å². The van der Waals surface area contributed by atoms with Crippen molar-refractivity contribution < 1.29 is 18.0 Å². The molecule has 0 heterocycles. The normalized spacial score (nSPS) is 15.2. The van der Waals surface area contributed by atoms with Crippen LogP contribution in [-0.2, 0) is 26.2 Å². The summed E-state index contributed by atoms with van der Waals surface area (Å²) in [5.74, 6) is -0.734. The van der Waals surface area contributed by atoms with E-state index >= 15 is 0 Å². The van der Waals surface area contributed by atoms with Crippen molar-refractivity contribution in [3.8, 4) is 0 Å². The predicted molar refractivity (Wildman–Crippen MR) is 152 cm³/mol. The second-order valence-corrected chi connectivity index (χ2v) is 12.9. The number of amides is 2. The first-order valence-corrected chi connectivity index (χ1v) is 15.7. The maximum absolute atomic E-state index is 13.8. The standard InChI is InChI=1S/C26H32BrCl2N3O4S/c1-3-24(26(34)30-20-7-5-4-6-8-20)31(16-18-9-14-22(28)23(29)15-18)25(33)17-32(37(2,35)36)21-12-10-19(27)11-13-21/h9-15,20,24H,3-8,16-17H2,1-2H3,(H,30,34)/t24-/m0/s1. The fourth-order valence-corrected chi connectivity index (χ4v) is 5.95. The highest BCUT2D eigenvalue weighted by atomic mass is 79.9. The molecule has 2 amide bonds. The van der Waals surface area contributed by atoms with Crippen molar-refractivity contribution in [2.24, 2.45) is 0 Å². The molecule has 1 fully saturated rings. The molecule has 0 aliphatic heterocycles. The summed E-state index contributed by atoms with van der Waals surface area (Å²) in [4.78, 5) is 28.6. The molecular weight excluding hydrogens is 601 g/mol. The SMILES string of the molecule is CC[C@@H](C(=O)NC1CCCCC1)N(Cc1ccc(Cl)c(Cl)c1)C(=O)CN(c1ccc(Br)cc1)S(C)(=O)=O. The van der Waals surface area contributed by atoms with Gasteiger partial charge in [0, 0.05) is 17.1 Å². The summed E-state index contributed by atoms with van der Waals surface area (Å²) in [5, 5.41) is 3.83. The molecule has 3 rings (SSSR count). The molecule has 0 spiro atoms. The lowest BCUT2D eigenvalue weighted by molar-refractivity contribution is -0.140. The number of carbonyl (C=O) groups is 2. The molecule has 1 aliphatic rings. The summed E-state index contributed by atoms with van der Waals surface area (Å²) in [7, 11) is -3.79. The molecule has 1 saturated carbocycles. The van der Waals surface area contributed by atoms with E-state index in [4.69, 9.17) is 23.2 Å². The highest BCUT2D eigenvalue weighted by Gasteiger charge is 2.33. The number of hydrogen-bond acceptors (Lipinski definition) is 4. The van der Waals surface area contributed by atoms with Gasteiger partial charge < -0.3 is 10.2 Å². The molecule has 0 unspecified atom stereocenters. The minimum absolute atomic E-state index is 0.0737. The summed E-state index contributed by atoms with van der Waals surface area (Å²) in [6, 6.07) is 11.0. The second kappa shape index (κ2) is 13.3. The minimum Gasteiger partial charge on any atom is -0.352 e. The van der Waals surface area contributed by atoms with Gasteiger partial charge >= 0.3 is 0 Å². The highest BCUT2D eigenvalue weighted by molar-refractivity contribution is 9.10. The Bertz CT molecular complexity index is 1200. The molecule has 1 atom stereocenters. The molecule has 1 aliphatic carbocycles. The van der Waals surface area contributed by atoms with Crippen molar-refractivity contribution in [1.82, 2.24) is 10.2 Å². The van der Waals surface area contributed by atoms with Crippen LogP contribution in [0.3, 0.4) is 0 Å². The minimum atomic E-state index is -3.79. The van der Waals surface area contributed by atoms with Crippen LogP contribution in [0.2, 0.25) is 10.0 Å². The van der Waals surface area contributed by atoms with E-state index in [1.54, 1.807) is 42.5 Å². The summed E-state index contributed by atoms with van der Waals surface area (Å²) >= 11 is 15.6. The fraction of sp³-hybridized carbons (Fsp3) is 0.462. The van der Waals surface area contributed by atoms with Crippen molar-refractivity contribution in [2.75, 3.05) is 17.1 Å². The quantitative estimate of drug-likeness (QED) is 0.360. The van der Waals surface area contributed by atoms with Crippen LogP contribution < -0.4 is 9.62 Å². The number of nitrogens with one attached hydrogen (secondary N) is 1. The third-order valence-corrected chi connectivity index (χ3v) is 8.88. The van der Waals surface area contributed by atoms with Crippen molar-refractivity contribution in [3.63, 3.8) is 0 Å². The van der Waals surface area contributed by atoms with Gasteiger partial charge in [0.15, 0.2) is 0 Å². The molecule has 0 saturated heterocycles. The number of carbonyl (C=O) groups excluding carboxylic acids is 2. The number of anilines is 1. The first-order chi connectivity index (χ1) is 17.5. The van der Waals surface area contributed by atoms with Gasteiger partial charge in [-0.2, -0.15) is 0 Å². The van der Waals surface area contributed by atoms with Crippen molar-refractivity contribution >= 4 is 66.7 Å². The third-order valence-electron chi connectivity index (χ3n) is 6.47. The number of halogens is 3. The van der Waals surface area contributed by atoms with E-state index in [9.17, 15) is 18.0 Å². The second-order valence-electron chi connectivity index (χ2n) is 9.28. The summed E-state index contributed by atoms with van der Waals surface area (Å²) in [6.07, 6.45) is 6.52. The Morgan fingerprint density at radius 1 is 1.05 bits per heavy atom. The van der Waals surface area contributed by atoms with Crippen LogP contribution in [0.5, 0.6) is 0 Å². The molecule has 0 bridgehead atoms. The number of benzene rings is 2. The number of sulfonamides is 1. The Morgan fingerprint density at radius 2 is 1.70 bits per heavy atom. The Labute approximate surface area is 237 Å². The average Bonchev–Trinajstić information content (AvgIpc) is 2.85. The zero-order valence-corrected chi connectivity index (χ0v) is 24.8. The van der Waals surface area contributed by atoms with E-state index in [-0.39, 0.29) is 18.5 Å². The fourth-order valence-electron chi connectivity index (χ4n) is 4.52. The molecule has 11 heteroatoms. The molecule has 0 radical (unpaired) electrons. The number of nitrogens with zero attached hydrogens (tertiary/aromatic N) is 2.